The van der Waals surface area contributed by atoms with Gasteiger partial charge in [-0.2, -0.15) is 0 Å². The second-order valence-corrected chi connectivity index (χ2v) is 4.18. The van der Waals surface area contributed by atoms with E-state index in [1.807, 2.05) is 10.8 Å². The summed E-state index contributed by atoms with van der Waals surface area (Å²) in [6.45, 7) is 1.51. The Bertz CT molecular complexity index is 569. The van der Waals surface area contributed by atoms with Crippen molar-refractivity contribution in [2.45, 2.75) is 13.0 Å². The van der Waals surface area contributed by atoms with Crippen LogP contribution in [0.25, 0.3) is 0 Å². The highest BCUT2D eigenvalue weighted by atomic mass is 16.6. The molecular formula is C12H16N6O2. The molecule has 2 heterocycles. The molecule has 0 fully saturated rings. The van der Waals surface area contributed by atoms with Crippen LogP contribution in [-0.4, -0.2) is 33.1 Å². The minimum atomic E-state index is -0.431. The fourth-order valence-corrected chi connectivity index (χ4v) is 1.74. The van der Waals surface area contributed by atoms with E-state index in [-0.39, 0.29) is 5.69 Å². The molecular weight excluding hydrogens is 260 g/mol. The molecule has 2 aromatic rings. The summed E-state index contributed by atoms with van der Waals surface area (Å²) in [6.07, 6.45) is 6.25. The SMILES string of the molecule is CNc1cc([N+](=O)[O-])cc(NCCCn2ccnc2)n1. The first-order valence-electron chi connectivity index (χ1n) is 6.23. The molecule has 0 atom stereocenters. The average Bonchev–Trinajstić information content (AvgIpc) is 2.96. The lowest BCUT2D eigenvalue weighted by atomic mass is 10.3. The normalized spacial score (nSPS) is 10.2. The fourth-order valence-electron chi connectivity index (χ4n) is 1.74. The standard InChI is InChI=1S/C12H16N6O2/c1-13-11-7-10(18(19)20)8-12(16-11)15-3-2-5-17-6-4-14-9-17/h4,6-9H,2-3,5H2,1H3,(H2,13,15,16). The summed E-state index contributed by atoms with van der Waals surface area (Å²) in [7, 11) is 1.68. The van der Waals surface area contributed by atoms with E-state index in [0.29, 0.717) is 18.2 Å². The molecule has 2 aromatic heterocycles. The van der Waals surface area contributed by atoms with Gasteiger partial charge in [0.25, 0.3) is 5.69 Å². The summed E-state index contributed by atoms with van der Waals surface area (Å²) >= 11 is 0. The van der Waals surface area contributed by atoms with Crippen LogP contribution in [0.15, 0.2) is 30.9 Å². The Morgan fingerprint density at radius 2 is 2.20 bits per heavy atom. The molecule has 2 N–H and O–H groups in total. The number of nitro groups is 1. The lowest BCUT2D eigenvalue weighted by molar-refractivity contribution is -0.384. The van der Waals surface area contributed by atoms with Crippen LogP contribution >= 0.6 is 0 Å². The third kappa shape index (κ3) is 3.67. The lowest BCUT2D eigenvalue weighted by Crippen LogP contribution is -2.08. The number of anilines is 2. The van der Waals surface area contributed by atoms with Gasteiger partial charge in [0.1, 0.15) is 11.6 Å². The van der Waals surface area contributed by atoms with Crippen molar-refractivity contribution >= 4 is 17.3 Å². The minimum Gasteiger partial charge on any atom is -0.373 e. The first kappa shape index (κ1) is 13.8. The van der Waals surface area contributed by atoms with Crippen molar-refractivity contribution in [3.63, 3.8) is 0 Å². The molecule has 106 valence electrons. The van der Waals surface area contributed by atoms with Crippen molar-refractivity contribution in [2.24, 2.45) is 0 Å². The number of hydrogen-bond acceptors (Lipinski definition) is 6. The Balaban J connectivity index is 1.91. The van der Waals surface area contributed by atoms with E-state index in [4.69, 9.17) is 0 Å². The molecule has 0 aliphatic carbocycles. The number of aryl methyl sites for hydroxylation is 1. The number of imidazole rings is 1. The molecule has 0 aliphatic rings. The van der Waals surface area contributed by atoms with Gasteiger partial charge in [-0.15, -0.1) is 0 Å². The third-order valence-electron chi connectivity index (χ3n) is 2.74. The van der Waals surface area contributed by atoms with E-state index in [1.165, 1.54) is 12.1 Å². The lowest BCUT2D eigenvalue weighted by Gasteiger charge is -2.08. The van der Waals surface area contributed by atoms with E-state index in [9.17, 15) is 10.1 Å². The molecule has 0 radical (unpaired) electrons. The minimum absolute atomic E-state index is 0.0152. The summed E-state index contributed by atoms with van der Waals surface area (Å²) in [5, 5.41) is 16.7. The van der Waals surface area contributed by atoms with Gasteiger partial charge in [-0.05, 0) is 6.42 Å². The molecule has 0 aromatic carbocycles. The number of aromatic nitrogens is 3. The topological polar surface area (TPSA) is 97.9 Å². The zero-order chi connectivity index (χ0) is 14.4. The Kier molecular flexibility index (Phi) is 4.48. The monoisotopic (exact) mass is 276 g/mol. The maximum absolute atomic E-state index is 10.8. The van der Waals surface area contributed by atoms with E-state index < -0.39 is 4.92 Å². The molecule has 2 rings (SSSR count). The fraction of sp³-hybridized carbons (Fsp3) is 0.333. The zero-order valence-corrected chi connectivity index (χ0v) is 11.1. The van der Waals surface area contributed by atoms with Gasteiger partial charge in [0.05, 0.1) is 23.4 Å². The summed E-state index contributed by atoms with van der Waals surface area (Å²) in [5.41, 5.74) is 0.0152. The van der Waals surface area contributed by atoms with E-state index in [2.05, 4.69) is 20.6 Å². The van der Waals surface area contributed by atoms with Crippen LogP contribution in [0, 0.1) is 10.1 Å². The Morgan fingerprint density at radius 3 is 2.85 bits per heavy atom. The van der Waals surface area contributed by atoms with Gasteiger partial charge in [0, 0.05) is 32.5 Å². The highest BCUT2D eigenvalue weighted by Gasteiger charge is 2.10. The molecule has 0 saturated heterocycles. The van der Waals surface area contributed by atoms with Crippen molar-refractivity contribution < 1.29 is 4.92 Å². The first-order chi connectivity index (χ1) is 9.69. The zero-order valence-electron chi connectivity index (χ0n) is 11.1. The predicted molar refractivity (Wildman–Crippen MR) is 75.8 cm³/mol. The van der Waals surface area contributed by atoms with E-state index in [1.54, 1.807) is 19.6 Å². The van der Waals surface area contributed by atoms with Crippen LogP contribution in [0.4, 0.5) is 17.3 Å². The van der Waals surface area contributed by atoms with Gasteiger partial charge >= 0.3 is 0 Å². The summed E-state index contributed by atoms with van der Waals surface area (Å²) in [5.74, 6) is 0.963. The highest BCUT2D eigenvalue weighted by molar-refractivity contribution is 5.54. The molecule has 0 unspecified atom stereocenters. The number of pyridine rings is 1. The maximum Gasteiger partial charge on any atom is 0.276 e. The third-order valence-corrected chi connectivity index (χ3v) is 2.74. The Hall–Kier alpha value is -2.64. The van der Waals surface area contributed by atoms with Gasteiger partial charge in [0.2, 0.25) is 0 Å². The van der Waals surface area contributed by atoms with Crippen molar-refractivity contribution in [1.29, 1.82) is 0 Å². The van der Waals surface area contributed by atoms with Gasteiger partial charge < -0.3 is 15.2 Å². The molecule has 0 spiro atoms. The molecule has 8 nitrogen and oxygen atoms in total. The molecule has 0 amide bonds. The van der Waals surface area contributed by atoms with Gasteiger partial charge in [-0.3, -0.25) is 10.1 Å². The molecule has 0 aliphatic heterocycles. The summed E-state index contributed by atoms with van der Waals surface area (Å²) in [4.78, 5) is 18.6. The van der Waals surface area contributed by atoms with Crippen molar-refractivity contribution in [3.05, 3.63) is 41.0 Å². The highest BCUT2D eigenvalue weighted by Crippen LogP contribution is 2.20. The molecule has 0 saturated carbocycles. The van der Waals surface area contributed by atoms with Crippen LogP contribution < -0.4 is 10.6 Å². The number of nitrogens with one attached hydrogen (secondary N) is 2. The first-order valence-corrected chi connectivity index (χ1v) is 6.23. The smallest absolute Gasteiger partial charge is 0.276 e. The summed E-state index contributed by atoms with van der Waals surface area (Å²) < 4.78 is 1.97. The predicted octanol–water partition coefficient (Wildman–Crippen LogP) is 1.73. The summed E-state index contributed by atoms with van der Waals surface area (Å²) in [6, 6.07) is 2.83. The van der Waals surface area contributed by atoms with Crippen LogP contribution in [0.3, 0.4) is 0 Å². The second-order valence-electron chi connectivity index (χ2n) is 4.18. The number of rotatable bonds is 7. The molecule has 8 heteroatoms. The van der Waals surface area contributed by atoms with Crippen LogP contribution in [-0.2, 0) is 6.54 Å². The van der Waals surface area contributed by atoms with Gasteiger partial charge in [0.15, 0.2) is 0 Å². The Morgan fingerprint density at radius 1 is 1.40 bits per heavy atom. The van der Waals surface area contributed by atoms with E-state index in [0.717, 1.165) is 13.0 Å². The molecule has 0 bridgehead atoms. The largest absolute Gasteiger partial charge is 0.373 e. The van der Waals surface area contributed by atoms with Gasteiger partial charge in [-0.25, -0.2) is 9.97 Å². The maximum atomic E-state index is 10.8. The van der Waals surface area contributed by atoms with Crippen LogP contribution in [0.5, 0.6) is 0 Å². The number of nitrogens with zero attached hydrogens (tertiary/aromatic N) is 4. The second kappa shape index (κ2) is 6.50. The van der Waals surface area contributed by atoms with E-state index >= 15 is 0 Å². The Labute approximate surface area is 116 Å². The van der Waals surface area contributed by atoms with Gasteiger partial charge in [-0.1, -0.05) is 0 Å². The number of hydrogen-bond donors (Lipinski definition) is 2. The quantitative estimate of drug-likeness (QED) is 0.454. The molecule has 20 heavy (non-hydrogen) atoms. The van der Waals surface area contributed by atoms with Crippen molar-refractivity contribution in [2.75, 3.05) is 24.2 Å². The van der Waals surface area contributed by atoms with Crippen molar-refractivity contribution in [3.8, 4) is 0 Å². The van der Waals surface area contributed by atoms with Crippen LogP contribution in [0.1, 0.15) is 6.42 Å². The van der Waals surface area contributed by atoms with Crippen molar-refractivity contribution in [1.82, 2.24) is 14.5 Å². The van der Waals surface area contributed by atoms with Crippen LogP contribution in [0.2, 0.25) is 0 Å². The average molecular weight is 276 g/mol.